The molecule has 0 bridgehead atoms. The fraction of sp³-hybridized carbons (Fsp3) is 0.636. The van der Waals surface area contributed by atoms with Crippen molar-refractivity contribution in [2.24, 2.45) is 4.99 Å². The molecule has 29 heavy (non-hydrogen) atoms. The molecular formula is C22H34ClN5O. The number of hydrogen-bond acceptors (Lipinski definition) is 3. The van der Waals surface area contributed by atoms with Crippen LogP contribution in [0.5, 0.6) is 0 Å². The Kier molecular flexibility index (Phi) is 8.19. The fourth-order valence-electron chi connectivity index (χ4n) is 4.19. The highest BCUT2D eigenvalue weighted by Gasteiger charge is 2.30. The first-order valence-corrected chi connectivity index (χ1v) is 11.2. The number of aryl methyl sites for hydroxylation is 1. The second kappa shape index (κ2) is 10.8. The van der Waals surface area contributed by atoms with Crippen molar-refractivity contribution in [1.82, 2.24) is 20.0 Å². The van der Waals surface area contributed by atoms with Crippen molar-refractivity contribution in [1.29, 1.82) is 0 Å². The average Bonchev–Trinajstić information content (AvgIpc) is 3.29. The number of nitrogens with one attached hydrogen (secondary N) is 1. The maximum atomic E-state index is 12.7. The summed E-state index contributed by atoms with van der Waals surface area (Å²) in [6.07, 6.45) is 4.24. The number of benzene rings is 1. The molecule has 7 heteroatoms. The summed E-state index contributed by atoms with van der Waals surface area (Å²) in [5.41, 5.74) is 1.19. The van der Waals surface area contributed by atoms with E-state index >= 15 is 0 Å². The van der Waals surface area contributed by atoms with Gasteiger partial charge in [0.1, 0.15) is 0 Å². The number of amides is 1. The molecule has 1 atom stereocenters. The Hall–Kier alpha value is -1.79. The van der Waals surface area contributed by atoms with E-state index in [9.17, 15) is 4.79 Å². The molecule has 1 amide bonds. The number of carbonyl (C=O) groups excluding carboxylic acids is 1. The molecular weight excluding hydrogens is 386 g/mol. The molecule has 2 aliphatic heterocycles. The molecule has 0 aliphatic carbocycles. The summed E-state index contributed by atoms with van der Waals surface area (Å²) in [6.45, 7) is 8.33. The molecule has 2 saturated heterocycles. The third-order valence-electron chi connectivity index (χ3n) is 6.01. The van der Waals surface area contributed by atoms with Gasteiger partial charge in [0.15, 0.2) is 5.96 Å². The van der Waals surface area contributed by atoms with Gasteiger partial charge in [0.25, 0.3) is 0 Å². The first-order chi connectivity index (χ1) is 14.1. The summed E-state index contributed by atoms with van der Waals surface area (Å²) in [4.78, 5) is 23.7. The van der Waals surface area contributed by atoms with Gasteiger partial charge in [-0.25, -0.2) is 0 Å². The molecule has 1 unspecified atom stereocenters. The van der Waals surface area contributed by atoms with Gasteiger partial charge in [0, 0.05) is 57.9 Å². The van der Waals surface area contributed by atoms with Gasteiger partial charge in [-0.1, -0.05) is 29.8 Å². The van der Waals surface area contributed by atoms with Gasteiger partial charge in [-0.2, -0.15) is 0 Å². The quantitative estimate of drug-likeness (QED) is 0.437. The zero-order chi connectivity index (χ0) is 20.6. The third kappa shape index (κ3) is 5.86. The van der Waals surface area contributed by atoms with Crippen molar-refractivity contribution >= 4 is 23.5 Å². The molecule has 2 heterocycles. The summed E-state index contributed by atoms with van der Waals surface area (Å²) in [7, 11) is 1.84. The van der Waals surface area contributed by atoms with Gasteiger partial charge in [0.05, 0.1) is 6.04 Å². The Morgan fingerprint density at radius 1 is 1.10 bits per heavy atom. The van der Waals surface area contributed by atoms with Crippen LogP contribution in [0.3, 0.4) is 0 Å². The Labute approximate surface area is 179 Å². The Bertz CT molecular complexity index is 696. The number of hydrogen-bond donors (Lipinski definition) is 1. The summed E-state index contributed by atoms with van der Waals surface area (Å²) in [6, 6.07) is 7.99. The normalized spacial score (nSPS) is 19.5. The molecule has 0 radical (unpaired) electrons. The Balaban J connectivity index is 1.40. The first kappa shape index (κ1) is 21.9. The number of likely N-dealkylation sites (tertiary alicyclic amines) is 1. The number of guanidine groups is 1. The van der Waals surface area contributed by atoms with Crippen molar-refractivity contribution in [3.63, 3.8) is 0 Å². The molecule has 0 spiro atoms. The first-order valence-electron chi connectivity index (χ1n) is 10.8. The topological polar surface area (TPSA) is 51.2 Å². The van der Waals surface area contributed by atoms with Gasteiger partial charge in [-0.3, -0.25) is 14.7 Å². The molecule has 3 rings (SSSR count). The zero-order valence-electron chi connectivity index (χ0n) is 17.7. The van der Waals surface area contributed by atoms with Gasteiger partial charge >= 0.3 is 0 Å². The zero-order valence-corrected chi connectivity index (χ0v) is 18.5. The van der Waals surface area contributed by atoms with Crippen LogP contribution in [-0.2, 0) is 11.2 Å². The van der Waals surface area contributed by atoms with E-state index in [-0.39, 0.29) is 11.9 Å². The molecule has 1 aromatic carbocycles. The lowest BCUT2D eigenvalue weighted by Crippen LogP contribution is -2.57. The maximum absolute atomic E-state index is 12.7. The lowest BCUT2D eigenvalue weighted by atomic mass is 10.1. The summed E-state index contributed by atoms with van der Waals surface area (Å²) in [5.74, 6) is 1.24. The van der Waals surface area contributed by atoms with Crippen LogP contribution in [0.15, 0.2) is 29.3 Å². The molecule has 1 aromatic rings. The van der Waals surface area contributed by atoms with Crippen LogP contribution in [-0.4, -0.2) is 85.5 Å². The molecule has 0 aromatic heterocycles. The average molecular weight is 420 g/mol. The molecule has 2 aliphatic rings. The molecule has 6 nitrogen and oxygen atoms in total. The minimum atomic E-state index is -0.0270. The lowest BCUT2D eigenvalue weighted by molar-refractivity contribution is -0.135. The highest BCUT2D eigenvalue weighted by molar-refractivity contribution is 6.31. The van der Waals surface area contributed by atoms with Crippen molar-refractivity contribution in [3.05, 3.63) is 34.9 Å². The highest BCUT2D eigenvalue weighted by atomic mass is 35.5. The van der Waals surface area contributed by atoms with Crippen LogP contribution in [0.4, 0.5) is 0 Å². The summed E-state index contributed by atoms with van der Waals surface area (Å²) < 4.78 is 0. The van der Waals surface area contributed by atoms with Crippen molar-refractivity contribution < 1.29 is 4.79 Å². The van der Waals surface area contributed by atoms with Gasteiger partial charge in [0.2, 0.25) is 5.91 Å². The minimum absolute atomic E-state index is 0.0270. The smallest absolute Gasteiger partial charge is 0.239 e. The van der Waals surface area contributed by atoms with E-state index in [1.165, 1.54) is 5.56 Å². The minimum Gasteiger partial charge on any atom is -0.356 e. The van der Waals surface area contributed by atoms with E-state index in [1.807, 2.05) is 30.1 Å². The van der Waals surface area contributed by atoms with E-state index in [4.69, 9.17) is 11.6 Å². The predicted molar refractivity (Wildman–Crippen MR) is 120 cm³/mol. The molecule has 0 saturated carbocycles. The number of piperazine rings is 1. The molecule has 160 valence electrons. The second-order valence-electron chi connectivity index (χ2n) is 7.90. The predicted octanol–water partition coefficient (Wildman–Crippen LogP) is 2.48. The number of rotatable bonds is 6. The molecule has 2 fully saturated rings. The highest BCUT2D eigenvalue weighted by Crippen LogP contribution is 2.16. The van der Waals surface area contributed by atoms with Crippen LogP contribution in [0.2, 0.25) is 5.02 Å². The van der Waals surface area contributed by atoms with E-state index < -0.39 is 0 Å². The van der Waals surface area contributed by atoms with Gasteiger partial charge < -0.3 is 15.1 Å². The number of halogens is 1. The van der Waals surface area contributed by atoms with Gasteiger partial charge in [-0.15, -0.1) is 0 Å². The maximum Gasteiger partial charge on any atom is 0.239 e. The second-order valence-corrected chi connectivity index (χ2v) is 8.31. The van der Waals surface area contributed by atoms with Crippen LogP contribution in [0.1, 0.15) is 31.7 Å². The Morgan fingerprint density at radius 3 is 2.45 bits per heavy atom. The largest absolute Gasteiger partial charge is 0.356 e. The van der Waals surface area contributed by atoms with E-state index in [1.54, 1.807) is 0 Å². The van der Waals surface area contributed by atoms with Crippen LogP contribution < -0.4 is 5.32 Å². The number of carbonyl (C=O) groups is 1. The summed E-state index contributed by atoms with van der Waals surface area (Å²) >= 11 is 6.23. The number of aliphatic imine (C=N–C) groups is 1. The van der Waals surface area contributed by atoms with Crippen LogP contribution >= 0.6 is 11.6 Å². The van der Waals surface area contributed by atoms with Crippen molar-refractivity contribution in [2.45, 2.75) is 38.6 Å². The van der Waals surface area contributed by atoms with E-state index in [2.05, 4.69) is 33.1 Å². The van der Waals surface area contributed by atoms with Crippen molar-refractivity contribution in [3.8, 4) is 0 Å². The van der Waals surface area contributed by atoms with E-state index in [0.717, 1.165) is 82.5 Å². The monoisotopic (exact) mass is 419 g/mol. The standard InChI is InChI=1S/C22H34ClN5O/c1-18(21(29)27-12-5-6-13-27)26-14-16-28(17-15-26)22(24-2)25-11-7-9-19-8-3-4-10-20(19)23/h3-4,8,10,18H,5-7,9,11-17H2,1-2H3,(H,24,25). The lowest BCUT2D eigenvalue weighted by Gasteiger charge is -2.39. The van der Waals surface area contributed by atoms with E-state index in [0.29, 0.717) is 0 Å². The van der Waals surface area contributed by atoms with Gasteiger partial charge in [-0.05, 0) is 44.2 Å². The van der Waals surface area contributed by atoms with Crippen LogP contribution in [0.25, 0.3) is 0 Å². The Morgan fingerprint density at radius 2 is 1.79 bits per heavy atom. The van der Waals surface area contributed by atoms with Crippen molar-refractivity contribution in [2.75, 3.05) is 52.9 Å². The SMILES string of the molecule is CN=C(NCCCc1ccccc1Cl)N1CCN(C(C)C(=O)N2CCCC2)CC1. The molecule has 1 N–H and O–H groups in total. The third-order valence-corrected chi connectivity index (χ3v) is 6.38. The summed E-state index contributed by atoms with van der Waals surface area (Å²) in [5, 5.41) is 4.32. The number of nitrogens with zero attached hydrogens (tertiary/aromatic N) is 4. The fourth-order valence-corrected chi connectivity index (χ4v) is 4.42. The van der Waals surface area contributed by atoms with Crippen LogP contribution in [0, 0.1) is 0 Å².